The average molecular weight is 310 g/mol. The minimum absolute atomic E-state index is 0.0863. The third-order valence-electron chi connectivity index (χ3n) is 2.36. The molecule has 2 N–H and O–H groups in total. The lowest BCUT2D eigenvalue weighted by molar-refractivity contribution is -0.140. The first-order valence-electron chi connectivity index (χ1n) is 5.34. The highest BCUT2D eigenvalue weighted by Gasteiger charge is 2.28. The second kappa shape index (κ2) is 5.85. The highest BCUT2D eigenvalue weighted by Crippen LogP contribution is 2.19. The summed E-state index contributed by atoms with van der Waals surface area (Å²) >= 11 is 5.57. The van der Waals surface area contributed by atoms with Gasteiger partial charge in [0, 0.05) is 5.02 Å². The number of halogens is 2. The van der Waals surface area contributed by atoms with E-state index in [4.69, 9.17) is 16.7 Å². The summed E-state index contributed by atoms with van der Waals surface area (Å²) in [5.74, 6) is -2.58. The number of aliphatic carboxylic acids is 1. The van der Waals surface area contributed by atoms with Gasteiger partial charge in [-0.2, -0.15) is 4.72 Å². The van der Waals surface area contributed by atoms with Crippen molar-refractivity contribution < 1.29 is 22.7 Å². The molecule has 0 radical (unpaired) electrons. The Morgan fingerprint density at radius 2 is 1.95 bits per heavy atom. The van der Waals surface area contributed by atoms with Gasteiger partial charge in [-0.25, -0.2) is 12.8 Å². The second-order valence-electron chi connectivity index (χ2n) is 4.29. The topological polar surface area (TPSA) is 83.5 Å². The number of nitrogens with one attached hydrogen (secondary N) is 1. The molecule has 0 aliphatic rings. The molecule has 0 unspecified atom stereocenters. The Bertz CT molecular complexity index is 568. The highest BCUT2D eigenvalue weighted by atomic mass is 35.5. The monoisotopic (exact) mass is 309 g/mol. The van der Waals surface area contributed by atoms with E-state index in [1.807, 2.05) is 4.72 Å². The minimum Gasteiger partial charge on any atom is -0.480 e. The largest absolute Gasteiger partial charge is 0.480 e. The van der Waals surface area contributed by atoms with Gasteiger partial charge in [-0.15, -0.1) is 0 Å². The van der Waals surface area contributed by atoms with Crippen molar-refractivity contribution in [2.24, 2.45) is 5.92 Å². The van der Waals surface area contributed by atoms with Gasteiger partial charge >= 0.3 is 5.97 Å². The number of carboxylic acid groups (broad SMARTS) is 1. The quantitative estimate of drug-likeness (QED) is 0.869. The van der Waals surface area contributed by atoms with Crippen LogP contribution in [0, 0.1) is 11.7 Å². The maximum Gasteiger partial charge on any atom is 0.322 e. The van der Waals surface area contributed by atoms with Crippen LogP contribution in [-0.4, -0.2) is 25.5 Å². The zero-order chi connectivity index (χ0) is 14.8. The maximum atomic E-state index is 13.1. The molecular weight excluding hydrogens is 297 g/mol. The van der Waals surface area contributed by atoms with Crippen LogP contribution in [0.2, 0.25) is 5.02 Å². The van der Waals surface area contributed by atoms with E-state index in [0.29, 0.717) is 0 Å². The molecule has 0 fully saturated rings. The van der Waals surface area contributed by atoms with Crippen LogP contribution in [-0.2, 0) is 14.8 Å². The maximum absolute atomic E-state index is 13.1. The van der Waals surface area contributed by atoms with Crippen molar-refractivity contribution in [1.29, 1.82) is 0 Å². The Labute approximate surface area is 115 Å². The van der Waals surface area contributed by atoms with Gasteiger partial charge < -0.3 is 5.11 Å². The molecule has 5 nitrogen and oxygen atoms in total. The van der Waals surface area contributed by atoms with E-state index in [-0.39, 0.29) is 5.02 Å². The Hall–Kier alpha value is -1.18. The first-order chi connectivity index (χ1) is 8.63. The summed E-state index contributed by atoms with van der Waals surface area (Å²) in [5.41, 5.74) is 0. The van der Waals surface area contributed by atoms with Gasteiger partial charge in [0.05, 0.1) is 4.90 Å². The summed E-state index contributed by atoms with van der Waals surface area (Å²) in [6, 6.07) is 1.48. The van der Waals surface area contributed by atoms with Crippen LogP contribution in [0.25, 0.3) is 0 Å². The van der Waals surface area contributed by atoms with Crippen molar-refractivity contribution in [3.8, 4) is 0 Å². The summed E-state index contributed by atoms with van der Waals surface area (Å²) in [4.78, 5) is 10.5. The minimum atomic E-state index is -4.15. The average Bonchev–Trinajstić information content (AvgIpc) is 2.23. The molecule has 0 aromatic heterocycles. The van der Waals surface area contributed by atoms with Gasteiger partial charge in [-0.1, -0.05) is 25.4 Å². The van der Waals surface area contributed by atoms with Gasteiger partial charge in [0.25, 0.3) is 0 Å². The zero-order valence-electron chi connectivity index (χ0n) is 10.2. The second-order valence-corrected chi connectivity index (χ2v) is 6.44. The number of hydrogen-bond donors (Lipinski definition) is 2. The molecular formula is C11H13ClFNO4S. The van der Waals surface area contributed by atoms with Crippen LogP contribution < -0.4 is 4.72 Å². The molecule has 19 heavy (non-hydrogen) atoms. The van der Waals surface area contributed by atoms with Crippen molar-refractivity contribution in [1.82, 2.24) is 4.72 Å². The molecule has 1 aromatic rings. The van der Waals surface area contributed by atoms with Gasteiger partial charge in [-0.3, -0.25) is 4.79 Å². The van der Waals surface area contributed by atoms with Crippen molar-refractivity contribution >= 4 is 27.6 Å². The third-order valence-corrected chi connectivity index (χ3v) is 4.00. The molecule has 0 aliphatic carbocycles. The van der Waals surface area contributed by atoms with Crippen molar-refractivity contribution in [2.75, 3.05) is 0 Å². The molecule has 0 saturated carbocycles. The zero-order valence-corrected chi connectivity index (χ0v) is 11.8. The van der Waals surface area contributed by atoms with Crippen LogP contribution in [0.3, 0.4) is 0 Å². The van der Waals surface area contributed by atoms with Crippen LogP contribution >= 0.6 is 11.6 Å². The van der Waals surface area contributed by atoms with Crippen molar-refractivity contribution in [3.05, 3.63) is 29.0 Å². The molecule has 1 aromatic carbocycles. The molecule has 0 aliphatic heterocycles. The molecule has 1 rings (SSSR count). The first kappa shape index (κ1) is 15.9. The van der Waals surface area contributed by atoms with E-state index in [2.05, 4.69) is 0 Å². The van der Waals surface area contributed by atoms with Gasteiger partial charge in [0.15, 0.2) is 0 Å². The van der Waals surface area contributed by atoms with E-state index in [9.17, 15) is 17.6 Å². The van der Waals surface area contributed by atoms with Gasteiger partial charge in [0.2, 0.25) is 10.0 Å². The Morgan fingerprint density at radius 1 is 1.37 bits per heavy atom. The number of carbonyl (C=O) groups is 1. The summed E-state index contributed by atoms with van der Waals surface area (Å²) < 4.78 is 39.0. The predicted molar refractivity (Wildman–Crippen MR) is 68.0 cm³/mol. The molecule has 0 heterocycles. The number of carboxylic acids is 1. The number of hydrogen-bond acceptors (Lipinski definition) is 3. The van der Waals surface area contributed by atoms with E-state index in [1.54, 1.807) is 13.8 Å². The lowest BCUT2D eigenvalue weighted by atomic mass is 10.1. The summed E-state index contributed by atoms with van der Waals surface area (Å²) in [7, 11) is -4.15. The summed E-state index contributed by atoms with van der Waals surface area (Å²) in [5, 5.41) is 8.85. The van der Waals surface area contributed by atoms with Gasteiger partial charge in [0.1, 0.15) is 11.9 Å². The van der Waals surface area contributed by atoms with Crippen molar-refractivity contribution in [3.63, 3.8) is 0 Å². The van der Waals surface area contributed by atoms with Crippen LogP contribution in [0.5, 0.6) is 0 Å². The smallest absolute Gasteiger partial charge is 0.322 e. The van der Waals surface area contributed by atoms with E-state index < -0.39 is 38.7 Å². The fourth-order valence-corrected chi connectivity index (χ4v) is 3.07. The van der Waals surface area contributed by atoms with Gasteiger partial charge in [-0.05, 0) is 24.1 Å². The molecule has 0 bridgehead atoms. The lowest BCUT2D eigenvalue weighted by Gasteiger charge is -2.18. The molecule has 0 spiro atoms. The summed E-state index contributed by atoms with van der Waals surface area (Å²) in [6.45, 7) is 3.11. The molecule has 0 amide bonds. The highest BCUT2D eigenvalue weighted by molar-refractivity contribution is 7.89. The SMILES string of the molecule is CC(C)[C@@H](NS(=O)(=O)c1cc(F)cc(Cl)c1)C(=O)O. The van der Waals surface area contributed by atoms with Crippen LogP contribution in [0.15, 0.2) is 23.1 Å². The summed E-state index contributed by atoms with van der Waals surface area (Å²) in [6.07, 6.45) is 0. The van der Waals surface area contributed by atoms with E-state index >= 15 is 0 Å². The van der Waals surface area contributed by atoms with E-state index in [0.717, 1.165) is 18.2 Å². The number of rotatable bonds is 5. The Kier molecular flexibility index (Phi) is 4.89. The third kappa shape index (κ3) is 4.15. The number of sulfonamides is 1. The normalized spacial score (nSPS) is 13.5. The Morgan fingerprint density at radius 3 is 2.37 bits per heavy atom. The first-order valence-corrected chi connectivity index (χ1v) is 7.21. The van der Waals surface area contributed by atoms with Crippen molar-refractivity contribution in [2.45, 2.75) is 24.8 Å². The Balaban J connectivity index is 3.13. The fourth-order valence-electron chi connectivity index (χ4n) is 1.39. The van der Waals surface area contributed by atoms with Crippen LogP contribution in [0.4, 0.5) is 4.39 Å². The standard InChI is InChI=1S/C11H13ClFNO4S/c1-6(2)10(11(15)16)14-19(17,18)9-4-7(12)3-8(13)5-9/h3-6,10,14H,1-2H3,(H,15,16)/t10-/m1/s1. The molecule has 8 heteroatoms. The fraction of sp³-hybridized carbons (Fsp3) is 0.364. The van der Waals surface area contributed by atoms with E-state index in [1.165, 1.54) is 0 Å². The molecule has 0 saturated heterocycles. The lowest BCUT2D eigenvalue weighted by Crippen LogP contribution is -2.44. The van der Waals surface area contributed by atoms with Crippen LogP contribution in [0.1, 0.15) is 13.8 Å². The molecule has 106 valence electrons. The number of benzene rings is 1. The predicted octanol–water partition coefficient (Wildman–Crippen LogP) is 1.87. The molecule has 1 atom stereocenters.